The van der Waals surface area contributed by atoms with Gasteiger partial charge in [0, 0.05) is 31.3 Å². The lowest BCUT2D eigenvalue weighted by Gasteiger charge is -2.36. The van der Waals surface area contributed by atoms with Crippen LogP contribution in [0.2, 0.25) is 0 Å². The second-order valence-corrected chi connectivity index (χ2v) is 10.5. The summed E-state index contributed by atoms with van der Waals surface area (Å²) in [5.41, 5.74) is -1.01. The van der Waals surface area contributed by atoms with Crippen LogP contribution in [0.15, 0.2) is 42.6 Å². The Kier molecular flexibility index (Phi) is 6.02. The number of esters is 2. The van der Waals surface area contributed by atoms with Crippen LogP contribution in [0.1, 0.15) is 36.5 Å². The normalized spacial score (nSPS) is 17.5. The molecular formula is C23H20F4N2O6S. The van der Waals surface area contributed by atoms with E-state index in [4.69, 9.17) is 9.47 Å². The van der Waals surface area contributed by atoms with Crippen molar-refractivity contribution in [2.75, 3.05) is 11.0 Å². The van der Waals surface area contributed by atoms with Gasteiger partial charge in [-0.25, -0.2) is 12.8 Å². The molecule has 0 aliphatic carbocycles. The molecule has 8 nitrogen and oxygen atoms in total. The molecule has 0 radical (unpaired) electrons. The minimum atomic E-state index is -4.96. The number of hydrogen-bond acceptors (Lipinski definition) is 6. The number of sulfonamides is 1. The predicted octanol–water partition coefficient (Wildman–Crippen LogP) is 4.28. The largest absolute Gasteiger partial charge is 0.422 e. The highest BCUT2D eigenvalue weighted by atomic mass is 32.2. The Bertz CT molecular complexity index is 1460. The van der Waals surface area contributed by atoms with E-state index in [0.29, 0.717) is 17.5 Å². The molecule has 0 saturated carbocycles. The van der Waals surface area contributed by atoms with E-state index in [1.165, 1.54) is 32.2 Å². The zero-order valence-corrected chi connectivity index (χ0v) is 19.9. The first kappa shape index (κ1) is 25.5. The second-order valence-electron chi connectivity index (χ2n) is 8.78. The highest BCUT2D eigenvalue weighted by Crippen LogP contribution is 2.43. The highest BCUT2D eigenvalue weighted by Gasteiger charge is 2.49. The fraction of sp³-hybridized carbons (Fsp3) is 0.304. The molecule has 1 saturated heterocycles. The van der Waals surface area contributed by atoms with E-state index in [1.54, 1.807) is 6.07 Å². The van der Waals surface area contributed by atoms with Gasteiger partial charge < -0.3 is 14.5 Å². The van der Waals surface area contributed by atoms with Crippen LogP contribution in [0.25, 0.3) is 10.9 Å². The van der Waals surface area contributed by atoms with Crippen molar-refractivity contribution in [2.45, 2.75) is 31.7 Å². The molecule has 192 valence electrons. The summed E-state index contributed by atoms with van der Waals surface area (Å²) in [6.07, 6.45) is -2.66. The maximum absolute atomic E-state index is 14.6. The number of carbonyl (C=O) groups is 2. The number of hydrogen-bond donors (Lipinski definition) is 2. The number of fused-ring (bicyclic) bond motifs is 1. The van der Waals surface area contributed by atoms with E-state index in [2.05, 4.69) is 9.71 Å². The van der Waals surface area contributed by atoms with Crippen molar-refractivity contribution in [3.8, 4) is 0 Å². The number of aromatic nitrogens is 1. The zero-order valence-electron chi connectivity index (χ0n) is 19.1. The third kappa shape index (κ3) is 4.87. The Morgan fingerprint density at radius 3 is 2.28 bits per heavy atom. The van der Waals surface area contributed by atoms with Crippen LogP contribution in [0.5, 0.6) is 0 Å². The van der Waals surface area contributed by atoms with E-state index in [1.807, 2.05) is 0 Å². The van der Waals surface area contributed by atoms with Crippen LogP contribution in [-0.2, 0) is 35.3 Å². The monoisotopic (exact) mass is 528 g/mol. The maximum atomic E-state index is 14.6. The average molecular weight is 528 g/mol. The molecule has 13 heteroatoms. The number of carbonyl (C=O) groups excluding carboxylic acids is 2. The highest BCUT2D eigenvalue weighted by molar-refractivity contribution is 7.92. The van der Waals surface area contributed by atoms with Crippen molar-refractivity contribution in [3.05, 3.63) is 65.1 Å². The summed E-state index contributed by atoms with van der Waals surface area (Å²) < 4.78 is 90.3. The molecule has 1 aliphatic rings. The lowest BCUT2D eigenvalue weighted by atomic mass is 9.79. The standard InChI is InChI=1S/C23H20F4N2O6S/c1-22(2)34-20(30)18(21(31)35-22)17(11-7-8-14(15(24)9-11)23(25,26)27)13-10-28-19-12(13)5-4-6-16(19)29-36(3,32)33/h4-10,17-18,28-29H,1-3H3. The molecule has 2 N–H and O–H groups in total. The summed E-state index contributed by atoms with van der Waals surface area (Å²) in [4.78, 5) is 28.7. The van der Waals surface area contributed by atoms with Crippen LogP contribution in [0, 0.1) is 11.7 Å². The van der Waals surface area contributed by atoms with Crippen molar-refractivity contribution in [2.24, 2.45) is 5.92 Å². The van der Waals surface area contributed by atoms with E-state index in [9.17, 15) is 35.6 Å². The molecule has 2 heterocycles. The van der Waals surface area contributed by atoms with Crippen molar-refractivity contribution in [1.29, 1.82) is 0 Å². The number of nitrogens with one attached hydrogen (secondary N) is 2. The molecule has 1 atom stereocenters. The number of ether oxygens (including phenoxy) is 2. The molecule has 0 spiro atoms. The number of halogens is 4. The van der Waals surface area contributed by atoms with Crippen molar-refractivity contribution in [1.82, 2.24) is 4.98 Å². The Balaban J connectivity index is 1.93. The topological polar surface area (TPSA) is 115 Å². The Labute approximate surface area is 202 Å². The lowest BCUT2D eigenvalue weighted by molar-refractivity contribution is -0.240. The molecule has 1 fully saturated rings. The van der Waals surface area contributed by atoms with Gasteiger partial charge in [0.05, 0.1) is 23.0 Å². The SMILES string of the molecule is CC1(C)OC(=O)C(C(c2ccc(C(F)(F)F)c(F)c2)c2c[nH]c3c(NS(C)(=O)=O)cccc23)C(=O)O1. The third-order valence-electron chi connectivity index (χ3n) is 5.57. The van der Waals surface area contributed by atoms with Gasteiger partial charge in [0.25, 0.3) is 5.79 Å². The van der Waals surface area contributed by atoms with E-state index >= 15 is 0 Å². The van der Waals surface area contributed by atoms with Gasteiger partial charge in [-0.2, -0.15) is 13.2 Å². The van der Waals surface area contributed by atoms with Gasteiger partial charge in [0.2, 0.25) is 10.0 Å². The number of rotatable bonds is 5. The molecule has 2 aromatic carbocycles. The molecule has 3 aromatic rings. The van der Waals surface area contributed by atoms with Crippen molar-refractivity contribution >= 4 is 38.6 Å². The van der Waals surface area contributed by atoms with Gasteiger partial charge in [0.1, 0.15) is 5.82 Å². The average Bonchev–Trinajstić information content (AvgIpc) is 3.12. The summed E-state index contributed by atoms with van der Waals surface area (Å²) in [5, 5.41) is 0.333. The van der Waals surface area contributed by atoms with Crippen LogP contribution in [0.4, 0.5) is 23.2 Å². The zero-order chi connectivity index (χ0) is 26.6. The second kappa shape index (κ2) is 8.50. The lowest BCUT2D eigenvalue weighted by Crippen LogP contribution is -2.48. The van der Waals surface area contributed by atoms with Crippen LogP contribution in [0.3, 0.4) is 0 Å². The number of H-pyrrole nitrogens is 1. The van der Waals surface area contributed by atoms with Gasteiger partial charge >= 0.3 is 18.1 Å². The first-order valence-electron chi connectivity index (χ1n) is 10.5. The summed E-state index contributed by atoms with van der Waals surface area (Å²) in [7, 11) is -3.68. The molecular weight excluding hydrogens is 508 g/mol. The van der Waals surface area contributed by atoms with E-state index < -0.39 is 57.1 Å². The summed E-state index contributed by atoms with van der Waals surface area (Å²) in [5.74, 6) is -8.21. The first-order chi connectivity index (χ1) is 16.6. The smallest absolute Gasteiger partial charge is 0.419 e. The van der Waals surface area contributed by atoms with Crippen molar-refractivity contribution < 1.29 is 45.0 Å². The Morgan fingerprint density at radius 2 is 1.72 bits per heavy atom. The molecule has 1 aliphatic heterocycles. The third-order valence-corrected chi connectivity index (χ3v) is 6.16. The molecule has 36 heavy (non-hydrogen) atoms. The minimum absolute atomic E-state index is 0.124. The minimum Gasteiger partial charge on any atom is -0.422 e. The van der Waals surface area contributed by atoms with Gasteiger partial charge in [0.15, 0.2) is 5.92 Å². The predicted molar refractivity (Wildman–Crippen MR) is 120 cm³/mol. The molecule has 1 unspecified atom stereocenters. The number of benzene rings is 2. The number of alkyl halides is 3. The fourth-order valence-electron chi connectivity index (χ4n) is 4.23. The molecule has 0 bridgehead atoms. The van der Waals surface area contributed by atoms with E-state index in [0.717, 1.165) is 12.3 Å². The summed E-state index contributed by atoms with van der Waals surface area (Å²) in [6.45, 7) is 2.67. The van der Waals surface area contributed by atoms with Crippen LogP contribution < -0.4 is 4.72 Å². The van der Waals surface area contributed by atoms with Crippen LogP contribution >= 0.6 is 0 Å². The molecule has 1 aromatic heterocycles. The van der Waals surface area contributed by atoms with Crippen LogP contribution in [-0.4, -0.2) is 37.4 Å². The van der Waals surface area contributed by atoms with Gasteiger partial charge in [-0.1, -0.05) is 18.2 Å². The Morgan fingerprint density at radius 1 is 1.08 bits per heavy atom. The molecule has 0 amide bonds. The number of para-hydroxylation sites is 1. The first-order valence-corrected chi connectivity index (χ1v) is 12.4. The number of aromatic amines is 1. The fourth-order valence-corrected chi connectivity index (χ4v) is 4.79. The summed E-state index contributed by atoms with van der Waals surface area (Å²) in [6, 6.07) is 6.60. The van der Waals surface area contributed by atoms with Gasteiger partial charge in [-0.15, -0.1) is 0 Å². The summed E-state index contributed by atoms with van der Waals surface area (Å²) >= 11 is 0. The number of cyclic esters (lactones) is 2. The maximum Gasteiger partial charge on any atom is 0.419 e. The quantitative estimate of drug-likeness (QED) is 0.290. The van der Waals surface area contributed by atoms with Gasteiger partial charge in [-0.05, 0) is 29.3 Å². The molecule has 4 rings (SSSR count). The number of anilines is 1. The van der Waals surface area contributed by atoms with E-state index in [-0.39, 0.29) is 22.3 Å². The van der Waals surface area contributed by atoms with Crippen molar-refractivity contribution in [3.63, 3.8) is 0 Å². The van der Waals surface area contributed by atoms with Gasteiger partial charge in [-0.3, -0.25) is 14.3 Å². The Hall–Kier alpha value is -3.61.